The Bertz CT molecular complexity index is 372. The van der Waals surface area contributed by atoms with E-state index in [2.05, 4.69) is 45.9 Å². The monoisotopic (exact) mass is 262 g/mol. The Kier molecular flexibility index (Phi) is 6.06. The minimum atomic E-state index is -0.703. The normalized spacial score (nSPS) is 16.1. The first-order valence-electron chi connectivity index (χ1n) is 7.70. The topological polar surface area (TPSA) is 20.2 Å². The molecule has 1 rings (SSSR count). The number of unbranched alkanes of at least 4 members (excludes halogenated alkanes) is 1. The molecule has 2 atom stereocenters. The van der Waals surface area contributed by atoms with Crippen LogP contribution in [0.2, 0.25) is 0 Å². The van der Waals surface area contributed by atoms with E-state index in [0.29, 0.717) is 5.92 Å². The van der Waals surface area contributed by atoms with Crippen LogP contribution in [0.3, 0.4) is 0 Å². The van der Waals surface area contributed by atoms with Gasteiger partial charge in [-0.1, -0.05) is 68.9 Å². The molecule has 0 amide bonds. The first-order valence-corrected chi connectivity index (χ1v) is 7.70. The van der Waals surface area contributed by atoms with Crippen LogP contribution in [0.5, 0.6) is 0 Å². The standard InChI is InChI=1S/C18H30O/c1-6-8-9-16(7-2)13-18(5,19)17-11-14(3)10-15(4)12-17/h10-12,16,19H,6-9,13H2,1-5H3. The molecule has 0 heterocycles. The van der Waals surface area contributed by atoms with E-state index in [-0.39, 0.29) is 0 Å². The van der Waals surface area contributed by atoms with Crippen LogP contribution in [0.1, 0.15) is 69.6 Å². The summed E-state index contributed by atoms with van der Waals surface area (Å²) in [6.07, 6.45) is 5.75. The van der Waals surface area contributed by atoms with E-state index in [4.69, 9.17) is 0 Å². The Labute approximate surface area is 119 Å². The Morgan fingerprint density at radius 2 is 1.68 bits per heavy atom. The zero-order valence-electron chi connectivity index (χ0n) is 13.3. The number of aliphatic hydroxyl groups is 1. The van der Waals surface area contributed by atoms with Crippen molar-refractivity contribution < 1.29 is 5.11 Å². The van der Waals surface area contributed by atoms with Crippen LogP contribution in [0.15, 0.2) is 18.2 Å². The number of hydrogen-bond acceptors (Lipinski definition) is 1. The van der Waals surface area contributed by atoms with Crippen LogP contribution >= 0.6 is 0 Å². The largest absolute Gasteiger partial charge is 0.385 e. The van der Waals surface area contributed by atoms with Crippen molar-refractivity contribution in [2.75, 3.05) is 0 Å². The molecule has 19 heavy (non-hydrogen) atoms. The van der Waals surface area contributed by atoms with Gasteiger partial charge in [-0.3, -0.25) is 0 Å². The quantitative estimate of drug-likeness (QED) is 0.723. The van der Waals surface area contributed by atoms with Crippen molar-refractivity contribution in [2.45, 2.75) is 72.3 Å². The average Bonchev–Trinajstić information content (AvgIpc) is 2.33. The van der Waals surface area contributed by atoms with Crippen LogP contribution in [0, 0.1) is 19.8 Å². The van der Waals surface area contributed by atoms with Crippen LogP contribution in [0.4, 0.5) is 0 Å². The van der Waals surface area contributed by atoms with Crippen LogP contribution in [0.25, 0.3) is 0 Å². The van der Waals surface area contributed by atoms with Gasteiger partial charge in [0.2, 0.25) is 0 Å². The molecule has 0 aliphatic rings. The molecule has 0 saturated heterocycles. The molecule has 0 aliphatic carbocycles. The lowest BCUT2D eigenvalue weighted by Crippen LogP contribution is -2.25. The minimum absolute atomic E-state index is 0.621. The van der Waals surface area contributed by atoms with Crippen molar-refractivity contribution in [3.63, 3.8) is 0 Å². The molecule has 0 aromatic heterocycles. The molecular weight excluding hydrogens is 232 g/mol. The second-order valence-corrected chi connectivity index (χ2v) is 6.27. The second kappa shape index (κ2) is 7.09. The van der Waals surface area contributed by atoms with E-state index in [1.54, 1.807) is 0 Å². The molecule has 2 unspecified atom stereocenters. The highest BCUT2D eigenvalue weighted by Crippen LogP contribution is 2.32. The highest BCUT2D eigenvalue weighted by atomic mass is 16.3. The lowest BCUT2D eigenvalue weighted by molar-refractivity contribution is 0.0274. The van der Waals surface area contributed by atoms with Crippen LogP contribution < -0.4 is 0 Å². The Morgan fingerprint density at radius 1 is 1.11 bits per heavy atom. The molecule has 0 fully saturated rings. The molecular formula is C18H30O. The first kappa shape index (κ1) is 16.2. The van der Waals surface area contributed by atoms with Gasteiger partial charge in [0.05, 0.1) is 5.60 Å². The SMILES string of the molecule is CCCCC(CC)CC(C)(O)c1cc(C)cc(C)c1. The average molecular weight is 262 g/mol. The zero-order valence-corrected chi connectivity index (χ0v) is 13.3. The van der Waals surface area contributed by atoms with Crippen molar-refractivity contribution in [1.29, 1.82) is 0 Å². The summed E-state index contributed by atoms with van der Waals surface area (Å²) in [6.45, 7) is 10.6. The van der Waals surface area contributed by atoms with Crippen molar-refractivity contribution in [2.24, 2.45) is 5.92 Å². The fraction of sp³-hybridized carbons (Fsp3) is 0.667. The third-order valence-corrected chi connectivity index (χ3v) is 4.07. The summed E-state index contributed by atoms with van der Waals surface area (Å²) in [5, 5.41) is 10.8. The predicted octanol–water partition coefficient (Wildman–Crippen LogP) is 5.12. The van der Waals surface area contributed by atoms with E-state index in [1.807, 2.05) is 6.92 Å². The number of aryl methyl sites for hydroxylation is 2. The molecule has 0 aliphatic heterocycles. The number of benzene rings is 1. The second-order valence-electron chi connectivity index (χ2n) is 6.27. The fourth-order valence-corrected chi connectivity index (χ4v) is 2.91. The highest BCUT2D eigenvalue weighted by Gasteiger charge is 2.26. The maximum absolute atomic E-state index is 10.8. The van der Waals surface area contributed by atoms with E-state index in [0.717, 1.165) is 18.4 Å². The van der Waals surface area contributed by atoms with Crippen molar-refractivity contribution in [3.8, 4) is 0 Å². The lowest BCUT2D eigenvalue weighted by Gasteiger charge is -2.29. The van der Waals surface area contributed by atoms with E-state index in [9.17, 15) is 5.11 Å². The molecule has 0 bridgehead atoms. The third kappa shape index (κ3) is 4.99. The van der Waals surface area contributed by atoms with Gasteiger partial charge >= 0.3 is 0 Å². The van der Waals surface area contributed by atoms with Gasteiger partial charge in [0.1, 0.15) is 0 Å². The Morgan fingerprint density at radius 3 is 2.16 bits per heavy atom. The summed E-state index contributed by atoms with van der Waals surface area (Å²) >= 11 is 0. The van der Waals surface area contributed by atoms with Gasteiger partial charge in [-0.15, -0.1) is 0 Å². The van der Waals surface area contributed by atoms with Crippen molar-refractivity contribution in [1.82, 2.24) is 0 Å². The number of hydrogen-bond donors (Lipinski definition) is 1. The summed E-state index contributed by atoms with van der Waals surface area (Å²) in [7, 11) is 0. The maximum atomic E-state index is 10.8. The van der Waals surface area contributed by atoms with E-state index < -0.39 is 5.60 Å². The van der Waals surface area contributed by atoms with Crippen LogP contribution in [-0.4, -0.2) is 5.11 Å². The molecule has 1 aromatic rings. The van der Waals surface area contributed by atoms with E-state index >= 15 is 0 Å². The Hall–Kier alpha value is -0.820. The van der Waals surface area contributed by atoms with Crippen LogP contribution in [-0.2, 0) is 5.60 Å². The predicted molar refractivity (Wildman–Crippen MR) is 83.4 cm³/mol. The molecule has 0 radical (unpaired) electrons. The van der Waals surface area contributed by atoms with Gasteiger partial charge in [0.15, 0.2) is 0 Å². The highest BCUT2D eigenvalue weighted by molar-refractivity contribution is 5.32. The fourth-order valence-electron chi connectivity index (χ4n) is 2.91. The molecule has 0 saturated carbocycles. The van der Waals surface area contributed by atoms with Gasteiger partial charge in [0.25, 0.3) is 0 Å². The first-order chi connectivity index (χ1) is 8.89. The van der Waals surface area contributed by atoms with E-state index in [1.165, 1.54) is 30.4 Å². The molecule has 108 valence electrons. The summed E-state index contributed by atoms with van der Waals surface area (Å²) in [5.41, 5.74) is 2.83. The summed E-state index contributed by atoms with van der Waals surface area (Å²) in [5.74, 6) is 0.621. The summed E-state index contributed by atoms with van der Waals surface area (Å²) in [6, 6.07) is 6.41. The van der Waals surface area contributed by atoms with Gasteiger partial charge < -0.3 is 5.11 Å². The minimum Gasteiger partial charge on any atom is -0.385 e. The Balaban J connectivity index is 2.83. The molecule has 1 heteroatoms. The molecule has 1 N–H and O–H groups in total. The maximum Gasteiger partial charge on any atom is 0.0871 e. The molecule has 0 spiro atoms. The molecule has 1 nitrogen and oxygen atoms in total. The van der Waals surface area contributed by atoms with Gasteiger partial charge in [-0.05, 0) is 38.7 Å². The van der Waals surface area contributed by atoms with Crippen molar-refractivity contribution >= 4 is 0 Å². The van der Waals surface area contributed by atoms with Gasteiger partial charge in [0, 0.05) is 0 Å². The smallest absolute Gasteiger partial charge is 0.0871 e. The number of rotatable bonds is 7. The van der Waals surface area contributed by atoms with Gasteiger partial charge in [-0.2, -0.15) is 0 Å². The van der Waals surface area contributed by atoms with Gasteiger partial charge in [-0.25, -0.2) is 0 Å². The van der Waals surface area contributed by atoms with Crippen molar-refractivity contribution in [3.05, 3.63) is 34.9 Å². The zero-order chi connectivity index (χ0) is 14.5. The third-order valence-electron chi connectivity index (χ3n) is 4.07. The summed E-state index contributed by atoms with van der Waals surface area (Å²) < 4.78 is 0. The summed E-state index contributed by atoms with van der Waals surface area (Å²) in [4.78, 5) is 0. The molecule has 1 aromatic carbocycles. The lowest BCUT2D eigenvalue weighted by atomic mass is 9.82.